The number of sulfonamides is 1. The Morgan fingerprint density at radius 3 is 2.25 bits per heavy atom. The van der Waals surface area contributed by atoms with E-state index in [1.807, 2.05) is 6.92 Å². The van der Waals surface area contributed by atoms with Gasteiger partial charge < -0.3 is 0 Å². The number of carbonyl (C=O) groups excluding carboxylic acids is 1. The molecule has 2 rings (SSSR count). The molecule has 0 heterocycles. The van der Waals surface area contributed by atoms with Crippen LogP contribution in [0.5, 0.6) is 0 Å². The summed E-state index contributed by atoms with van der Waals surface area (Å²) in [5.74, 6) is -0.200. The highest BCUT2D eigenvalue weighted by Gasteiger charge is 2.18. The van der Waals surface area contributed by atoms with E-state index in [1.54, 1.807) is 19.1 Å². The number of benzene rings is 1. The lowest BCUT2D eigenvalue weighted by molar-refractivity contribution is -0.110. The number of allylic oxidation sites excluding steroid dienone is 4. The van der Waals surface area contributed by atoms with Crippen molar-refractivity contribution in [1.82, 2.24) is 0 Å². The van der Waals surface area contributed by atoms with Crippen LogP contribution in [0.4, 0.5) is 0 Å². The second-order valence-corrected chi connectivity index (χ2v) is 6.91. The fourth-order valence-electron chi connectivity index (χ4n) is 1.64. The number of halogens is 1. The first kappa shape index (κ1) is 14.9. The molecule has 0 spiro atoms. The molecular formula is C14H12BrNO3S. The Kier molecular flexibility index (Phi) is 4.06. The van der Waals surface area contributed by atoms with Crippen molar-refractivity contribution in [2.75, 3.05) is 0 Å². The normalized spacial score (nSPS) is 17.9. The minimum atomic E-state index is -3.78. The number of nitrogens with zero attached hydrogens (tertiary/aromatic N) is 1. The molecule has 0 aromatic heterocycles. The van der Waals surface area contributed by atoms with Crippen LogP contribution in [0.15, 0.2) is 55.8 Å². The van der Waals surface area contributed by atoms with Crippen molar-refractivity contribution < 1.29 is 13.2 Å². The molecule has 0 atom stereocenters. The monoisotopic (exact) mass is 353 g/mol. The fraction of sp³-hybridized carbons (Fsp3) is 0.143. The summed E-state index contributed by atoms with van der Waals surface area (Å²) < 4.78 is 28.5. The Bertz CT molecular complexity index is 756. The smallest absolute Gasteiger partial charge is 0.282 e. The van der Waals surface area contributed by atoms with Crippen LogP contribution >= 0.6 is 15.9 Å². The van der Waals surface area contributed by atoms with Crippen LogP contribution in [0.1, 0.15) is 12.5 Å². The molecule has 0 bridgehead atoms. The van der Waals surface area contributed by atoms with E-state index in [0.717, 1.165) is 5.56 Å². The van der Waals surface area contributed by atoms with E-state index in [0.29, 0.717) is 10.1 Å². The summed E-state index contributed by atoms with van der Waals surface area (Å²) in [6.45, 7) is 3.53. The van der Waals surface area contributed by atoms with Gasteiger partial charge in [-0.3, -0.25) is 4.79 Å². The fourth-order valence-corrected chi connectivity index (χ4v) is 3.01. The standard InChI is InChI=1S/C14H12BrNO3S/c1-9-3-5-11(6-4-9)20(18,19)16-13-8-12(15)14(17)7-10(13)2/h3-8H,1-2H3. The average molecular weight is 354 g/mol. The van der Waals surface area contributed by atoms with Gasteiger partial charge in [0.1, 0.15) is 0 Å². The number of hydrogen-bond acceptors (Lipinski definition) is 3. The van der Waals surface area contributed by atoms with Gasteiger partial charge in [-0.05, 0) is 59.6 Å². The van der Waals surface area contributed by atoms with Gasteiger partial charge >= 0.3 is 0 Å². The maximum absolute atomic E-state index is 12.2. The summed E-state index contributed by atoms with van der Waals surface area (Å²) in [5, 5.41) is 0. The van der Waals surface area contributed by atoms with Crippen LogP contribution in [0.25, 0.3) is 0 Å². The molecule has 0 saturated heterocycles. The third-order valence-electron chi connectivity index (χ3n) is 2.79. The molecule has 0 amide bonds. The molecule has 0 fully saturated rings. The molecule has 1 aliphatic rings. The molecule has 0 saturated carbocycles. The van der Waals surface area contributed by atoms with E-state index in [2.05, 4.69) is 20.3 Å². The quantitative estimate of drug-likeness (QED) is 0.767. The van der Waals surface area contributed by atoms with E-state index >= 15 is 0 Å². The van der Waals surface area contributed by atoms with Gasteiger partial charge in [0.15, 0.2) is 5.78 Å². The van der Waals surface area contributed by atoms with Crippen LogP contribution in [0, 0.1) is 6.92 Å². The van der Waals surface area contributed by atoms with Crippen LogP contribution in [-0.4, -0.2) is 19.9 Å². The maximum Gasteiger partial charge on any atom is 0.282 e. The Labute approximate surface area is 126 Å². The molecule has 0 radical (unpaired) electrons. The number of ketones is 1. The Balaban J connectivity index is 2.46. The molecule has 4 nitrogen and oxygen atoms in total. The second kappa shape index (κ2) is 5.46. The van der Waals surface area contributed by atoms with Gasteiger partial charge in [0.05, 0.1) is 15.1 Å². The molecule has 1 aromatic carbocycles. The van der Waals surface area contributed by atoms with Crippen LogP contribution < -0.4 is 0 Å². The van der Waals surface area contributed by atoms with E-state index in [9.17, 15) is 13.2 Å². The summed E-state index contributed by atoms with van der Waals surface area (Å²) in [4.78, 5) is 11.6. The lowest BCUT2D eigenvalue weighted by atomic mass is 10.1. The van der Waals surface area contributed by atoms with Crippen molar-refractivity contribution in [3.63, 3.8) is 0 Å². The third kappa shape index (κ3) is 3.13. The van der Waals surface area contributed by atoms with Gasteiger partial charge in [0.25, 0.3) is 10.0 Å². The zero-order valence-electron chi connectivity index (χ0n) is 10.9. The van der Waals surface area contributed by atoms with Gasteiger partial charge in [0.2, 0.25) is 0 Å². The largest absolute Gasteiger partial charge is 0.289 e. The zero-order valence-corrected chi connectivity index (χ0v) is 13.3. The topological polar surface area (TPSA) is 63.6 Å². The predicted octanol–water partition coefficient (Wildman–Crippen LogP) is 2.93. The number of aryl methyl sites for hydroxylation is 1. The number of carbonyl (C=O) groups is 1. The minimum Gasteiger partial charge on any atom is -0.289 e. The first-order valence-corrected chi connectivity index (χ1v) is 8.05. The predicted molar refractivity (Wildman–Crippen MR) is 81.6 cm³/mol. The van der Waals surface area contributed by atoms with Crippen LogP contribution in [0.3, 0.4) is 0 Å². The van der Waals surface area contributed by atoms with Crippen LogP contribution in [0.2, 0.25) is 0 Å². The molecule has 0 N–H and O–H groups in total. The molecule has 1 aliphatic carbocycles. The molecule has 1 aromatic rings. The van der Waals surface area contributed by atoms with E-state index in [4.69, 9.17) is 0 Å². The molecular weight excluding hydrogens is 342 g/mol. The first-order valence-electron chi connectivity index (χ1n) is 5.81. The van der Waals surface area contributed by atoms with Crippen molar-refractivity contribution >= 4 is 37.4 Å². The highest BCUT2D eigenvalue weighted by Crippen LogP contribution is 2.20. The molecule has 0 unspecified atom stereocenters. The highest BCUT2D eigenvalue weighted by molar-refractivity contribution is 9.12. The molecule has 104 valence electrons. The van der Waals surface area contributed by atoms with Crippen molar-refractivity contribution in [3.8, 4) is 0 Å². The number of rotatable bonds is 2. The lowest BCUT2D eigenvalue weighted by Gasteiger charge is -2.08. The summed E-state index contributed by atoms with van der Waals surface area (Å²) >= 11 is 3.09. The van der Waals surface area contributed by atoms with Gasteiger partial charge in [-0.1, -0.05) is 17.7 Å². The van der Waals surface area contributed by atoms with Crippen molar-refractivity contribution in [2.45, 2.75) is 18.7 Å². The lowest BCUT2D eigenvalue weighted by Crippen LogP contribution is -2.11. The van der Waals surface area contributed by atoms with E-state index in [1.165, 1.54) is 24.3 Å². The highest BCUT2D eigenvalue weighted by atomic mass is 79.9. The second-order valence-electron chi connectivity index (χ2n) is 4.45. The summed E-state index contributed by atoms with van der Waals surface area (Å²) in [7, 11) is -3.78. The van der Waals surface area contributed by atoms with Gasteiger partial charge in [-0.25, -0.2) is 0 Å². The molecule has 6 heteroatoms. The average Bonchev–Trinajstić information content (AvgIpc) is 2.36. The van der Waals surface area contributed by atoms with E-state index < -0.39 is 10.0 Å². The van der Waals surface area contributed by atoms with Gasteiger partial charge in [-0.15, -0.1) is 0 Å². The summed E-state index contributed by atoms with van der Waals surface area (Å²) in [5.41, 5.74) is 1.75. The Morgan fingerprint density at radius 2 is 1.65 bits per heavy atom. The van der Waals surface area contributed by atoms with Crippen molar-refractivity contribution in [3.05, 3.63) is 52.0 Å². The summed E-state index contributed by atoms with van der Waals surface area (Å²) in [6, 6.07) is 6.46. The molecule has 20 heavy (non-hydrogen) atoms. The number of hydrogen-bond donors (Lipinski definition) is 0. The first-order chi connectivity index (χ1) is 9.29. The minimum absolute atomic E-state index is 0.129. The van der Waals surface area contributed by atoms with Gasteiger partial charge in [-0.2, -0.15) is 12.8 Å². The Morgan fingerprint density at radius 1 is 1.05 bits per heavy atom. The van der Waals surface area contributed by atoms with E-state index in [-0.39, 0.29) is 16.4 Å². The summed E-state index contributed by atoms with van der Waals surface area (Å²) in [6.07, 6.45) is 2.77. The third-order valence-corrected chi connectivity index (χ3v) is 4.71. The van der Waals surface area contributed by atoms with Gasteiger partial charge in [0, 0.05) is 0 Å². The SMILES string of the molecule is CC1=CC(=O)C(Br)=CC1=NS(=O)(=O)c1ccc(C)cc1. The van der Waals surface area contributed by atoms with Crippen molar-refractivity contribution in [2.24, 2.45) is 4.40 Å². The van der Waals surface area contributed by atoms with Crippen molar-refractivity contribution in [1.29, 1.82) is 0 Å². The zero-order chi connectivity index (χ0) is 14.9. The van der Waals surface area contributed by atoms with Crippen LogP contribution in [-0.2, 0) is 14.8 Å². The maximum atomic E-state index is 12.2. The molecule has 0 aliphatic heterocycles. The Hall–Kier alpha value is -1.53.